The molecule has 0 radical (unpaired) electrons. The molecule has 3 rings (SSSR count). The maximum absolute atomic E-state index is 12.3. The normalized spacial score (nSPS) is 10.2. The van der Waals surface area contributed by atoms with E-state index < -0.39 is 10.8 Å². The topological polar surface area (TPSA) is 107 Å². The SMILES string of the molecule is COc1cccc(NC(=S)NC(=O)c2ccc(-c3cccc([N+](=O)[O-])c3)o2)c1. The Balaban J connectivity index is 1.67. The number of non-ortho nitro benzene ring substituents is 1. The Morgan fingerprint density at radius 3 is 2.68 bits per heavy atom. The van der Waals surface area contributed by atoms with Crippen molar-refractivity contribution in [2.75, 3.05) is 12.4 Å². The lowest BCUT2D eigenvalue weighted by molar-refractivity contribution is -0.384. The van der Waals surface area contributed by atoms with Gasteiger partial charge in [0.05, 0.1) is 12.0 Å². The summed E-state index contributed by atoms with van der Waals surface area (Å²) in [5.74, 6) is 0.459. The highest BCUT2D eigenvalue weighted by Crippen LogP contribution is 2.25. The summed E-state index contributed by atoms with van der Waals surface area (Å²) in [7, 11) is 1.55. The minimum absolute atomic E-state index is 0.0244. The summed E-state index contributed by atoms with van der Waals surface area (Å²) in [5.41, 5.74) is 1.08. The van der Waals surface area contributed by atoms with E-state index in [1.165, 1.54) is 18.2 Å². The van der Waals surface area contributed by atoms with Gasteiger partial charge in [-0.2, -0.15) is 0 Å². The van der Waals surface area contributed by atoms with Crippen molar-refractivity contribution in [2.45, 2.75) is 0 Å². The van der Waals surface area contributed by atoms with E-state index in [0.29, 0.717) is 22.8 Å². The minimum Gasteiger partial charge on any atom is -0.497 e. The van der Waals surface area contributed by atoms with Crippen LogP contribution in [0.3, 0.4) is 0 Å². The van der Waals surface area contributed by atoms with E-state index in [4.69, 9.17) is 21.4 Å². The molecule has 0 fully saturated rings. The van der Waals surface area contributed by atoms with Gasteiger partial charge < -0.3 is 14.5 Å². The van der Waals surface area contributed by atoms with Gasteiger partial charge in [-0.3, -0.25) is 20.2 Å². The number of carbonyl (C=O) groups excluding carboxylic acids is 1. The Hall–Kier alpha value is -3.72. The number of rotatable bonds is 5. The van der Waals surface area contributed by atoms with E-state index in [0.717, 1.165) is 0 Å². The van der Waals surface area contributed by atoms with Crippen molar-refractivity contribution in [1.82, 2.24) is 5.32 Å². The number of benzene rings is 2. The Bertz CT molecular complexity index is 1050. The lowest BCUT2D eigenvalue weighted by atomic mass is 10.1. The summed E-state index contributed by atoms with van der Waals surface area (Å²) in [6.45, 7) is 0. The van der Waals surface area contributed by atoms with Crippen LogP contribution in [-0.4, -0.2) is 23.1 Å². The molecule has 0 saturated heterocycles. The van der Waals surface area contributed by atoms with Crippen LogP contribution < -0.4 is 15.4 Å². The molecule has 1 heterocycles. The first-order valence-corrected chi connectivity index (χ1v) is 8.48. The van der Waals surface area contributed by atoms with Crippen LogP contribution in [0.15, 0.2) is 65.1 Å². The summed E-state index contributed by atoms with van der Waals surface area (Å²) in [6.07, 6.45) is 0. The number of ether oxygens (including phenoxy) is 1. The fourth-order valence-electron chi connectivity index (χ4n) is 2.42. The van der Waals surface area contributed by atoms with E-state index in [1.54, 1.807) is 49.6 Å². The van der Waals surface area contributed by atoms with Crippen molar-refractivity contribution in [2.24, 2.45) is 0 Å². The number of methoxy groups -OCH3 is 1. The standard InChI is InChI=1S/C19H15N3O5S/c1-26-15-7-3-5-13(11-15)20-19(28)21-18(23)17-9-8-16(27-17)12-4-2-6-14(10-12)22(24)25/h2-11H,1H3,(H2,20,21,23,28). The Kier molecular flexibility index (Phi) is 5.66. The zero-order valence-corrected chi connectivity index (χ0v) is 15.5. The van der Waals surface area contributed by atoms with Gasteiger partial charge in [0.15, 0.2) is 10.9 Å². The predicted octanol–water partition coefficient (Wildman–Crippen LogP) is 3.99. The molecule has 0 bridgehead atoms. The summed E-state index contributed by atoms with van der Waals surface area (Å²) < 4.78 is 10.6. The van der Waals surface area contributed by atoms with Gasteiger partial charge in [-0.1, -0.05) is 18.2 Å². The molecule has 0 aliphatic heterocycles. The van der Waals surface area contributed by atoms with Gasteiger partial charge in [-0.15, -0.1) is 0 Å². The molecule has 0 saturated carbocycles. The molecule has 0 spiro atoms. The van der Waals surface area contributed by atoms with Crippen LogP contribution in [0.25, 0.3) is 11.3 Å². The highest BCUT2D eigenvalue weighted by molar-refractivity contribution is 7.80. The average molecular weight is 397 g/mol. The first kappa shape index (κ1) is 19.1. The molecule has 8 nitrogen and oxygen atoms in total. The summed E-state index contributed by atoms with van der Waals surface area (Å²) in [5, 5.41) is 16.4. The summed E-state index contributed by atoms with van der Waals surface area (Å²) in [6, 6.07) is 16.0. The van der Waals surface area contributed by atoms with Gasteiger partial charge in [0.25, 0.3) is 11.6 Å². The largest absolute Gasteiger partial charge is 0.497 e. The van der Waals surface area contributed by atoms with Gasteiger partial charge in [0.1, 0.15) is 11.5 Å². The van der Waals surface area contributed by atoms with Crippen molar-refractivity contribution in [3.63, 3.8) is 0 Å². The molecule has 2 N–H and O–H groups in total. The number of anilines is 1. The number of nitrogens with one attached hydrogen (secondary N) is 2. The fourth-order valence-corrected chi connectivity index (χ4v) is 2.63. The molecule has 0 atom stereocenters. The lowest BCUT2D eigenvalue weighted by Gasteiger charge is -2.09. The smallest absolute Gasteiger partial charge is 0.293 e. The van der Waals surface area contributed by atoms with Crippen LogP contribution in [0, 0.1) is 10.1 Å². The van der Waals surface area contributed by atoms with E-state index in [2.05, 4.69) is 10.6 Å². The summed E-state index contributed by atoms with van der Waals surface area (Å²) >= 11 is 5.14. The molecule has 1 amide bonds. The number of thiocarbonyl (C=S) groups is 1. The third kappa shape index (κ3) is 4.51. The van der Waals surface area contributed by atoms with Crippen molar-refractivity contribution in [3.8, 4) is 17.1 Å². The molecule has 1 aromatic heterocycles. The third-order valence-electron chi connectivity index (χ3n) is 3.73. The van der Waals surface area contributed by atoms with E-state index >= 15 is 0 Å². The molecule has 142 valence electrons. The second-order valence-corrected chi connectivity index (χ2v) is 6.02. The van der Waals surface area contributed by atoms with Crippen molar-refractivity contribution < 1.29 is 18.9 Å². The van der Waals surface area contributed by atoms with Crippen LogP contribution in [0.4, 0.5) is 11.4 Å². The van der Waals surface area contributed by atoms with Gasteiger partial charge in [0.2, 0.25) is 0 Å². The third-order valence-corrected chi connectivity index (χ3v) is 3.93. The van der Waals surface area contributed by atoms with E-state index in [9.17, 15) is 14.9 Å². The van der Waals surface area contributed by atoms with Crippen LogP contribution >= 0.6 is 12.2 Å². The van der Waals surface area contributed by atoms with Gasteiger partial charge >= 0.3 is 0 Å². The monoisotopic (exact) mass is 397 g/mol. The number of hydrogen-bond acceptors (Lipinski definition) is 6. The van der Waals surface area contributed by atoms with Crippen molar-refractivity contribution >= 4 is 34.6 Å². The minimum atomic E-state index is -0.544. The van der Waals surface area contributed by atoms with E-state index in [-0.39, 0.29) is 16.6 Å². The number of carbonyl (C=O) groups is 1. The zero-order chi connectivity index (χ0) is 20.1. The molecule has 28 heavy (non-hydrogen) atoms. The number of amides is 1. The molecular weight excluding hydrogens is 382 g/mol. The average Bonchev–Trinajstić information content (AvgIpc) is 3.18. The predicted molar refractivity (Wildman–Crippen MR) is 107 cm³/mol. The Morgan fingerprint density at radius 1 is 1.14 bits per heavy atom. The second-order valence-electron chi connectivity index (χ2n) is 5.61. The highest BCUT2D eigenvalue weighted by atomic mass is 32.1. The molecule has 9 heteroatoms. The van der Waals surface area contributed by atoms with Crippen LogP contribution in [-0.2, 0) is 0 Å². The second kappa shape index (κ2) is 8.31. The number of nitro groups is 1. The maximum Gasteiger partial charge on any atom is 0.293 e. The van der Waals surface area contributed by atoms with Crippen LogP contribution in [0.1, 0.15) is 10.6 Å². The van der Waals surface area contributed by atoms with Crippen LogP contribution in [0.5, 0.6) is 5.75 Å². The van der Waals surface area contributed by atoms with Crippen molar-refractivity contribution in [1.29, 1.82) is 0 Å². The maximum atomic E-state index is 12.3. The number of hydrogen-bond donors (Lipinski definition) is 2. The first-order valence-electron chi connectivity index (χ1n) is 8.07. The molecule has 0 aliphatic rings. The Morgan fingerprint density at radius 2 is 1.93 bits per heavy atom. The highest BCUT2D eigenvalue weighted by Gasteiger charge is 2.15. The molecule has 2 aromatic carbocycles. The first-order chi connectivity index (χ1) is 13.5. The molecule has 0 aliphatic carbocycles. The molecule has 3 aromatic rings. The van der Waals surface area contributed by atoms with E-state index in [1.807, 2.05) is 0 Å². The Labute approximate surface area is 165 Å². The number of nitro benzene ring substituents is 1. The van der Waals surface area contributed by atoms with Crippen molar-refractivity contribution in [3.05, 3.63) is 76.5 Å². The lowest BCUT2D eigenvalue weighted by Crippen LogP contribution is -2.33. The van der Waals surface area contributed by atoms with Gasteiger partial charge in [-0.25, -0.2) is 0 Å². The zero-order valence-electron chi connectivity index (χ0n) is 14.7. The number of nitrogens with zero attached hydrogens (tertiary/aromatic N) is 1. The van der Waals surface area contributed by atoms with Gasteiger partial charge in [-0.05, 0) is 36.5 Å². The van der Waals surface area contributed by atoms with Crippen LogP contribution in [0.2, 0.25) is 0 Å². The fraction of sp³-hybridized carbons (Fsp3) is 0.0526. The number of furan rings is 1. The van der Waals surface area contributed by atoms with Gasteiger partial charge in [0, 0.05) is 29.4 Å². The molecule has 0 unspecified atom stereocenters. The summed E-state index contributed by atoms with van der Waals surface area (Å²) in [4.78, 5) is 22.7. The quantitative estimate of drug-likeness (QED) is 0.381. The molecular formula is C19H15N3O5S.